The molecule has 21 heavy (non-hydrogen) atoms. The maximum absolute atomic E-state index is 11.9. The minimum absolute atomic E-state index is 0.0249. The Morgan fingerprint density at radius 1 is 1.19 bits per heavy atom. The van der Waals surface area contributed by atoms with Crippen molar-refractivity contribution in [3.63, 3.8) is 0 Å². The number of ether oxygens (including phenoxy) is 1. The Bertz CT molecular complexity index is 465. The molecule has 1 atom stereocenters. The van der Waals surface area contributed by atoms with Crippen LogP contribution in [0.1, 0.15) is 68.7 Å². The summed E-state index contributed by atoms with van der Waals surface area (Å²) in [5, 5.41) is 13.0. The maximum atomic E-state index is 11.9. The molecule has 1 N–H and O–H groups in total. The molecule has 0 bridgehead atoms. The number of carbonyl (C=O) groups is 1. The van der Waals surface area contributed by atoms with Crippen LogP contribution in [-0.4, -0.2) is 28.8 Å². The smallest absolute Gasteiger partial charge is 0.226 e. The maximum Gasteiger partial charge on any atom is 0.226 e. The molecule has 3 rings (SSSR count). The predicted octanol–water partition coefficient (Wildman–Crippen LogP) is 3.48. The van der Waals surface area contributed by atoms with Crippen LogP contribution in [-0.2, 0) is 9.53 Å². The second-order valence-corrected chi connectivity index (χ2v) is 7.01. The van der Waals surface area contributed by atoms with Crippen molar-refractivity contribution in [1.82, 2.24) is 10.2 Å². The van der Waals surface area contributed by atoms with Gasteiger partial charge in [0, 0.05) is 18.9 Å². The number of anilines is 1. The van der Waals surface area contributed by atoms with Crippen molar-refractivity contribution in [2.75, 3.05) is 11.9 Å². The lowest BCUT2D eigenvalue weighted by atomic mass is 9.90. The van der Waals surface area contributed by atoms with Crippen molar-refractivity contribution in [2.24, 2.45) is 0 Å². The first kappa shape index (κ1) is 14.9. The summed E-state index contributed by atoms with van der Waals surface area (Å²) >= 11 is 1.54. The molecular weight excluding hydrogens is 286 g/mol. The summed E-state index contributed by atoms with van der Waals surface area (Å²) < 4.78 is 5.53. The van der Waals surface area contributed by atoms with E-state index in [4.69, 9.17) is 4.74 Å². The van der Waals surface area contributed by atoms with Gasteiger partial charge in [0.1, 0.15) is 5.01 Å². The highest BCUT2D eigenvalue weighted by atomic mass is 32.1. The molecule has 0 spiro atoms. The van der Waals surface area contributed by atoms with Gasteiger partial charge in [-0.2, -0.15) is 0 Å². The standard InChI is InChI=1S/C15H23N3O2S/c19-13(9-8-12-7-4-10-20-12)16-15-18-17-14(21-15)11-5-2-1-3-6-11/h11-12H,1-10H2,(H,16,18,19)/t12-/m0/s1. The second kappa shape index (κ2) is 7.31. The van der Waals surface area contributed by atoms with E-state index in [1.165, 1.54) is 32.1 Å². The largest absolute Gasteiger partial charge is 0.378 e. The average Bonchev–Trinajstić information content (AvgIpc) is 3.17. The van der Waals surface area contributed by atoms with Gasteiger partial charge in [0.15, 0.2) is 0 Å². The fourth-order valence-corrected chi connectivity index (χ4v) is 4.07. The third-order valence-electron chi connectivity index (χ3n) is 4.36. The quantitative estimate of drug-likeness (QED) is 0.904. The van der Waals surface area contributed by atoms with Crippen LogP contribution in [0.3, 0.4) is 0 Å². The first-order valence-electron chi connectivity index (χ1n) is 8.06. The lowest BCUT2D eigenvalue weighted by molar-refractivity contribution is -0.116. The van der Waals surface area contributed by atoms with Crippen LogP contribution >= 0.6 is 11.3 Å². The Labute approximate surface area is 129 Å². The molecule has 1 aliphatic carbocycles. The van der Waals surface area contributed by atoms with Crippen molar-refractivity contribution in [3.8, 4) is 0 Å². The fraction of sp³-hybridized carbons (Fsp3) is 0.800. The second-order valence-electron chi connectivity index (χ2n) is 6.00. The van der Waals surface area contributed by atoms with Gasteiger partial charge in [-0.3, -0.25) is 4.79 Å². The molecule has 2 fully saturated rings. The molecule has 0 aromatic carbocycles. The van der Waals surface area contributed by atoms with Crippen molar-refractivity contribution < 1.29 is 9.53 Å². The molecule has 116 valence electrons. The zero-order valence-electron chi connectivity index (χ0n) is 12.3. The molecule has 1 amide bonds. The van der Waals surface area contributed by atoms with Crippen LogP contribution in [0.15, 0.2) is 0 Å². The summed E-state index contributed by atoms with van der Waals surface area (Å²) in [6, 6.07) is 0. The van der Waals surface area contributed by atoms with Gasteiger partial charge >= 0.3 is 0 Å². The average molecular weight is 309 g/mol. The van der Waals surface area contributed by atoms with Gasteiger partial charge in [0.05, 0.1) is 6.10 Å². The van der Waals surface area contributed by atoms with Gasteiger partial charge in [0.2, 0.25) is 11.0 Å². The van der Waals surface area contributed by atoms with E-state index < -0.39 is 0 Å². The molecule has 0 unspecified atom stereocenters. The lowest BCUT2D eigenvalue weighted by Gasteiger charge is -2.18. The van der Waals surface area contributed by atoms with E-state index >= 15 is 0 Å². The Morgan fingerprint density at radius 2 is 2.05 bits per heavy atom. The predicted molar refractivity (Wildman–Crippen MR) is 82.6 cm³/mol. The van der Waals surface area contributed by atoms with Gasteiger partial charge in [-0.15, -0.1) is 10.2 Å². The summed E-state index contributed by atoms with van der Waals surface area (Å²) in [4.78, 5) is 11.9. The first-order valence-corrected chi connectivity index (χ1v) is 8.88. The third-order valence-corrected chi connectivity index (χ3v) is 5.36. The zero-order chi connectivity index (χ0) is 14.5. The van der Waals surface area contributed by atoms with E-state index in [0.29, 0.717) is 17.5 Å². The summed E-state index contributed by atoms with van der Waals surface area (Å²) in [5.41, 5.74) is 0. The zero-order valence-corrected chi connectivity index (χ0v) is 13.2. The van der Waals surface area contributed by atoms with Crippen LogP contribution in [0.2, 0.25) is 0 Å². The Balaban J connectivity index is 1.45. The van der Waals surface area contributed by atoms with Crippen molar-refractivity contribution in [2.45, 2.75) is 69.8 Å². The molecule has 1 aromatic rings. The SMILES string of the molecule is O=C(CC[C@@H]1CCCO1)Nc1nnc(C2CCCCC2)s1. The number of hydrogen-bond donors (Lipinski definition) is 1. The number of carbonyl (C=O) groups excluding carboxylic acids is 1. The normalized spacial score (nSPS) is 23.3. The summed E-state index contributed by atoms with van der Waals surface area (Å²) in [7, 11) is 0. The third kappa shape index (κ3) is 4.23. The first-order chi connectivity index (χ1) is 10.3. The molecule has 1 saturated heterocycles. The van der Waals surface area contributed by atoms with Gasteiger partial charge < -0.3 is 10.1 Å². The number of nitrogens with one attached hydrogen (secondary N) is 1. The van der Waals surface area contributed by atoms with E-state index in [0.717, 1.165) is 30.9 Å². The van der Waals surface area contributed by atoms with Crippen LogP contribution < -0.4 is 5.32 Å². The Kier molecular flexibility index (Phi) is 5.19. The number of hydrogen-bond acceptors (Lipinski definition) is 5. The molecule has 1 aliphatic heterocycles. The molecule has 1 aromatic heterocycles. The van der Waals surface area contributed by atoms with Gasteiger partial charge in [-0.25, -0.2) is 0 Å². The minimum atomic E-state index is 0.0249. The fourth-order valence-electron chi connectivity index (χ4n) is 3.15. The summed E-state index contributed by atoms with van der Waals surface area (Å²) in [6.45, 7) is 0.841. The van der Waals surface area contributed by atoms with Gasteiger partial charge in [-0.05, 0) is 32.1 Å². The highest BCUT2D eigenvalue weighted by Gasteiger charge is 2.21. The minimum Gasteiger partial charge on any atom is -0.378 e. The number of nitrogens with zero attached hydrogens (tertiary/aromatic N) is 2. The van der Waals surface area contributed by atoms with Gasteiger partial charge in [0.25, 0.3) is 0 Å². The van der Waals surface area contributed by atoms with E-state index in [2.05, 4.69) is 15.5 Å². The summed E-state index contributed by atoms with van der Waals surface area (Å²) in [5.74, 6) is 0.575. The molecular formula is C15H23N3O2S. The number of aromatic nitrogens is 2. The van der Waals surface area contributed by atoms with Crippen molar-refractivity contribution in [3.05, 3.63) is 5.01 Å². The molecule has 2 aliphatic rings. The van der Waals surface area contributed by atoms with Crippen molar-refractivity contribution in [1.29, 1.82) is 0 Å². The number of amides is 1. The highest BCUT2D eigenvalue weighted by Crippen LogP contribution is 2.35. The van der Waals surface area contributed by atoms with Crippen LogP contribution in [0.5, 0.6) is 0 Å². The molecule has 2 heterocycles. The van der Waals surface area contributed by atoms with Crippen LogP contribution in [0.4, 0.5) is 5.13 Å². The van der Waals surface area contributed by atoms with Gasteiger partial charge in [-0.1, -0.05) is 30.6 Å². The number of rotatable bonds is 5. The monoisotopic (exact) mass is 309 g/mol. The van der Waals surface area contributed by atoms with Crippen LogP contribution in [0, 0.1) is 0 Å². The molecule has 5 nitrogen and oxygen atoms in total. The lowest BCUT2D eigenvalue weighted by Crippen LogP contribution is -2.15. The van der Waals surface area contributed by atoms with E-state index in [1.54, 1.807) is 11.3 Å². The van der Waals surface area contributed by atoms with E-state index in [-0.39, 0.29) is 12.0 Å². The Morgan fingerprint density at radius 3 is 2.81 bits per heavy atom. The van der Waals surface area contributed by atoms with E-state index in [1.807, 2.05) is 0 Å². The van der Waals surface area contributed by atoms with Crippen molar-refractivity contribution >= 4 is 22.4 Å². The van der Waals surface area contributed by atoms with E-state index in [9.17, 15) is 4.79 Å². The topological polar surface area (TPSA) is 64.1 Å². The van der Waals surface area contributed by atoms with Crippen LogP contribution in [0.25, 0.3) is 0 Å². The molecule has 0 radical (unpaired) electrons. The molecule has 1 saturated carbocycles. The Hall–Kier alpha value is -1.01. The molecule has 6 heteroatoms. The summed E-state index contributed by atoms with van der Waals surface area (Å²) in [6.07, 6.45) is 10.1. The highest BCUT2D eigenvalue weighted by molar-refractivity contribution is 7.15.